The highest BCUT2D eigenvalue weighted by Gasteiger charge is 2.49. The number of phenols is 1. The average Bonchev–Trinajstić information content (AvgIpc) is 3.58. The molecule has 0 radical (unpaired) electrons. The zero-order chi connectivity index (χ0) is 29.2. The zero-order valence-corrected chi connectivity index (χ0v) is 23.5. The molecular formula is C29H30F5N5O2S. The fraction of sp³-hybridized carbons (Fsp3) is 0.552. The fourth-order valence-corrected chi connectivity index (χ4v) is 8.11. The van der Waals surface area contributed by atoms with E-state index in [-0.39, 0.29) is 40.0 Å². The summed E-state index contributed by atoms with van der Waals surface area (Å²) in [6.45, 7) is 2.78. The van der Waals surface area contributed by atoms with Gasteiger partial charge in [0.05, 0.1) is 10.9 Å². The molecule has 7 rings (SSSR count). The fourth-order valence-electron chi connectivity index (χ4n) is 7.46. The predicted molar refractivity (Wildman–Crippen MR) is 148 cm³/mol. The molecule has 1 saturated carbocycles. The molecule has 0 spiro atoms. The Morgan fingerprint density at radius 2 is 1.90 bits per heavy atom. The maximum Gasteiger partial charge on any atom is 0.446 e. The van der Waals surface area contributed by atoms with E-state index >= 15 is 4.39 Å². The number of hydrogen-bond donors (Lipinski definition) is 1. The molecule has 4 fully saturated rings. The zero-order valence-electron chi connectivity index (χ0n) is 22.7. The van der Waals surface area contributed by atoms with Gasteiger partial charge < -0.3 is 14.7 Å². The minimum atomic E-state index is -4.63. The highest BCUT2D eigenvalue weighted by molar-refractivity contribution is 8.00. The minimum Gasteiger partial charge on any atom is -0.508 e. The molecule has 3 saturated heterocycles. The van der Waals surface area contributed by atoms with Gasteiger partial charge in [-0.1, -0.05) is 0 Å². The Kier molecular flexibility index (Phi) is 6.87. The number of hydrogen-bond acceptors (Lipinski definition) is 8. The summed E-state index contributed by atoms with van der Waals surface area (Å²) in [5, 5.41) is 10.4. The first-order chi connectivity index (χ1) is 20.1. The van der Waals surface area contributed by atoms with Crippen LogP contribution in [0.25, 0.3) is 22.2 Å². The van der Waals surface area contributed by atoms with Crippen LogP contribution in [0.15, 0.2) is 29.3 Å². The second kappa shape index (κ2) is 10.4. The normalized spacial score (nSPS) is 27.6. The summed E-state index contributed by atoms with van der Waals surface area (Å²) in [5.74, 6) is 0.213. The molecule has 4 aliphatic rings. The number of thioether (sulfide) groups is 1. The summed E-state index contributed by atoms with van der Waals surface area (Å²) in [4.78, 5) is 17.3. The van der Waals surface area contributed by atoms with E-state index in [1.165, 1.54) is 6.20 Å². The number of anilines is 1. The van der Waals surface area contributed by atoms with Crippen molar-refractivity contribution in [2.24, 2.45) is 11.8 Å². The van der Waals surface area contributed by atoms with Crippen LogP contribution >= 0.6 is 11.8 Å². The van der Waals surface area contributed by atoms with Crippen LogP contribution in [0, 0.1) is 17.7 Å². The molecule has 2 unspecified atom stereocenters. The van der Waals surface area contributed by atoms with E-state index in [2.05, 4.69) is 19.8 Å². The number of ether oxygens (including phenoxy) is 1. The van der Waals surface area contributed by atoms with E-state index in [9.17, 15) is 22.7 Å². The van der Waals surface area contributed by atoms with E-state index < -0.39 is 34.8 Å². The third-order valence-corrected chi connectivity index (χ3v) is 10.0. The van der Waals surface area contributed by atoms with Crippen LogP contribution in [0.3, 0.4) is 0 Å². The van der Waals surface area contributed by atoms with Gasteiger partial charge in [0.1, 0.15) is 35.6 Å². The number of alkyl halides is 4. The lowest BCUT2D eigenvalue weighted by atomic mass is 9.95. The van der Waals surface area contributed by atoms with Gasteiger partial charge in [-0.2, -0.15) is 23.1 Å². The molecule has 42 heavy (non-hydrogen) atoms. The number of rotatable bonds is 6. The van der Waals surface area contributed by atoms with Crippen molar-refractivity contribution in [2.75, 3.05) is 37.7 Å². The van der Waals surface area contributed by atoms with Crippen LogP contribution in [0.5, 0.6) is 11.8 Å². The largest absolute Gasteiger partial charge is 0.508 e. The first-order valence-electron chi connectivity index (χ1n) is 14.3. The van der Waals surface area contributed by atoms with Crippen LogP contribution < -0.4 is 9.64 Å². The Hall–Kier alpha value is -2.93. The van der Waals surface area contributed by atoms with Gasteiger partial charge in [0, 0.05) is 42.7 Å². The van der Waals surface area contributed by atoms with Gasteiger partial charge in [-0.25, -0.2) is 8.78 Å². The van der Waals surface area contributed by atoms with Crippen molar-refractivity contribution in [1.82, 2.24) is 19.9 Å². The topological polar surface area (TPSA) is 74.6 Å². The van der Waals surface area contributed by atoms with Crippen molar-refractivity contribution < 1.29 is 31.8 Å². The second-order valence-corrected chi connectivity index (χ2v) is 13.2. The lowest BCUT2D eigenvalue weighted by molar-refractivity contribution is -0.0328. The first-order valence-corrected chi connectivity index (χ1v) is 15.1. The van der Waals surface area contributed by atoms with Crippen molar-refractivity contribution in [3.63, 3.8) is 0 Å². The van der Waals surface area contributed by atoms with Crippen molar-refractivity contribution in [1.29, 1.82) is 0 Å². The Morgan fingerprint density at radius 1 is 1.12 bits per heavy atom. The first kappa shape index (κ1) is 27.9. The number of pyridine rings is 1. The molecule has 2 aromatic heterocycles. The maximum atomic E-state index is 16.3. The van der Waals surface area contributed by atoms with Crippen molar-refractivity contribution in [2.45, 2.75) is 60.6 Å². The minimum absolute atomic E-state index is 0.0594. The summed E-state index contributed by atoms with van der Waals surface area (Å²) >= 11 is -0.407. The molecule has 1 N–H and O–H groups in total. The second-order valence-electron chi connectivity index (χ2n) is 12.1. The Labute approximate surface area is 243 Å². The third kappa shape index (κ3) is 5.12. The van der Waals surface area contributed by atoms with Gasteiger partial charge in [-0.3, -0.25) is 9.88 Å². The van der Waals surface area contributed by atoms with Crippen molar-refractivity contribution in [3.8, 4) is 23.0 Å². The molecule has 7 nitrogen and oxygen atoms in total. The summed E-state index contributed by atoms with van der Waals surface area (Å²) in [6.07, 6.45) is 5.88. The van der Waals surface area contributed by atoms with E-state index in [1.54, 1.807) is 0 Å². The third-order valence-electron chi connectivity index (χ3n) is 9.22. The summed E-state index contributed by atoms with van der Waals surface area (Å²) < 4.78 is 76.8. The summed E-state index contributed by atoms with van der Waals surface area (Å²) in [7, 11) is 0. The van der Waals surface area contributed by atoms with E-state index in [4.69, 9.17) is 9.72 Å². The van der Waals surface area contributed by atoms with Gasteiger partial charge in [-0.05, 0) is 80.4 Å². The van der Waals surface area contributed by atoms with Gasteiger partial charge in [0.25, 0.3) is 0 Å². The Balaban J connectivity index is 1.32. The van der Waals surface area contributed by atoms with Crippen molar-refractivity contribution >= 4 is 28.5 Å². The number of benzene rings is 1. The highest BCUT2D eigenvalue weighted by Crippen LogP contribution is 2.45. The van der Waals surface area contributed by atoms with Crippen molar-refractivity contribution in [3.05, 3.63) is 30.2 Å². The lowest BCUT2D eigenvalue weighted by Crippen LogP contribution is -2.43. The van der Waals surface area contributed by atoms with Crippen LogP contribution in [0.4, 0.5) is 27.8 Å². The Morgan fingerprint density at radius 3 is 2.67 bits per heavy atom. The lowest BCUT2D eigenvalue weighted by Gasteiger charge is -2.34. The molecule has 2 bridgehead atoms. The van der Waals surface area contributed by atoms with Gasteiger partial charge in [0.2, 0.25) is 0 Å². The van der Waals surface area contributed by atoms with E-state index in [1.807, 2.05) is 0 Å². The molecule has 0 amide bonds. The summed E-state index contributed by atoms with van der Waals surface area (Å²) in [6, 6.07) is 3.21. The number of piperidine rings is 1. The number of fused-ring (bicyclic) bond motifs is 4. The standard InChI is InChI=1S/C29H30F5N5O2S/c30-18-10-28(6-1-7-39(28)14-18)15-41-27-36-25-21(26(37-27)38-12-16-2-3-17(8-16)13-38)11-35-24(23(25)31)20-9-19(40)4-5-22(20)42-29(32,33)34/h4-5,9,11,16-18,40H,1-3,6-8,10,12-15H2/t16?,17?,18-,28+/m1/s1. The van der Waals surface area contributed by atoms with Gasteiger partial charge in [-0.15, -0.1) is 0 Å². The predicted octanol–water partition coefficient (Wildman–Crippen LogP) is 6.34. The van der Waals surface area contributed by atoms with Crippen LogP contribution in [-0.2, 0) is 0 Å². The monoisotopic (exact) mass is 607 g/mol. The number of aromatic hydroxyl groups is 1. The number of phenolic OH excluding ortho intramolecular Hbond substituents is 1. The number of aromatic nitrogens is 3. The molecule has 1 aliphatic carbocycles. The molecule has 3 aliphatic heterocycles. The molecular weight excluding hydrogens is 577 g/mol. The molecule has 224 valence electrons. The van der Waals surface area contributed by atoms with Gasteiger partial charge in [0.15, 0.2) is 5.82 Å². The summed E-state index contributed by atoms with van der Waals surface area (Å²) in [5.41, 5.74) is -5.78. The van der Waals surface area contributed by atoms with Crippen LogP contribution in [0.2, 0.25) is 0 Å². The number of nitrogens with zero attached hydrogens (tertiary/aromatic N) is 5. The van der Waals surface area contributed by atoms with Crippen LogP contribution in [-0.4, -0.2) is 75.0 Å². The Bertz CT molecular complexity index is 1510. The molecule has 3 aromatic rings. The maximum absolute atomic E-state index is 16.3. The highest BCUT2D eigenvalue weighted by atomic mass is 32.2. The average molecular weight is 608 g/mol. The SMILES string of the molecule is Oc1ccc(SC(F)(F)F)c(-c2ncc3c(N4CC5CCC(C5)C4)nc(OC[C@@]45CCCN4C[C@H](F)C5)nc3c2F)c1. The molecule has 4 atom stereocenters. The quantitative estimate of drug-likeness (QED) is 0.257. The van der Waals surface area contributed by atoms with E-state index in [0.29, 0.717) is 36.0 Å². The molecule has 1 aromatic carbocycles. The van der Waals surface area contributed by atoms with E-state index in [0.717, 1.165) is 69.9 Å². The molecule has 13 heteroatoms. The van der Waals surface area contributed by atoms with Gasteiger partial charge >= 0.3 is 11.5 Å². The number of halogens is 5. The smallest absolute Gasteiger partial charge is 0.446 e. The molecule has 5 heterocycles. The van der Waals surface area contributed by atoms with Crippen LogP contribution in [0.1, 0.15) is 38.5 Å².